The van der Waals surface area contributed by atoms with E-state index in [-0.39, 0.29) is 43.4 Å². The lowest BCUT2D eigenvalue weighted by atomic mass is 10.0. The third kappa shape index (κ3) is 3.66. The average molecular weight is 425 g/mol. The molecule has 30 heavy (non-hydrogen) atoms. The van der Waals surface area contributed by atoms with Gasteiger partial charge >= 0.3 is 0 Å². The maximum atomic E-state index is 13.0. The van der Waals surface area contributed by atoms with Crippen LogP contribution in [0.3, 0.4) is 0 Å². The Morgan fingerprint density at radius 2 is 1.53 bits per heavy atom. The number of hydrogen-bond acceptors (Lipinski definition) is 4. The third-order valence-corrected chi connectivity index (χ3v) is 7.63. The molecule has 0 atom stereocenters. The van der Waals surface area contributed by atoms with Crippen molar-refractivity contribution in [1.82, 2.24) is 9.21 Å². The van der Waals surface area contributed by atoms with Gasteiger partial charge in [-0.25, -0.2) is 8.42 Å². The van der Waals surface area contributed by atoms with E-state index < -0.39 is 10.0 Å². The highest BCUT2D eigenvalue weighted by molar-refractivity contribution is 7.89. The fourth-order valence-corrected chi connectivity index (χ4v) is 5.56. The number of hydrogen-bond donors (Lipinski definition) is 1. The lowest BCUT2D eigenvalue weighted by molar-refractivity contribution is 0.0695. The predicted octanol–water partition coefficient (Wildman–Crippen LogP) is 3.31. The van der Waals surface area contributed by atoms with Gasteiger partial charge in [-0.05, 0) is 48.4 Å². The van der Waals surface area contributed by atoms with E-state index in [9.17, 15) is 18.3 Å². The van der Waals surface area contributed by atoms with Crippen molar-refractivity contribution in [3.05, 3.63) is 71.3 Å². The fourth-order valence-electron chi connectivity index (χ4n) is 3.93. The van der Waals surface area contributed by atoms with Gasteiger partial charge in [0.05, 0.1) is 10.5 Å². The highest BCUT2D eigenvalue weighted by atomic mass is 32.2. The zero-order valence-corrected chi connectivity index (χ0v) is 17.8. The second-order valence-electron chi connectivity index (χ2n) is 7.68. The van der Waals surface area contributed by atoms with Crippen molar-refractivity contribution in [2.24, 2.45) is 0 Å². The summed E-state index contributed by atoms with van der Waals surface area (Å²) in [7, 11) is -3.61. The van der Waals surface area contributed by atoms with Crippen LogP contribution < -0.4 is 0 Å². The summed E-state index contributed by atoms with van der Waals surface area (Å²) in [6, 6.07) is 16.1. The third-order valence-electron chi connectivity index (χ3n) is 5.57. The lowest BCUT2D eigenvalue weighted by Gasteiger charge is -2.34. The minimum Gasteiger partial charge on any atom is -0.507 e. The molecule has 0 bridgehead atoms. The maximum Gasteiger partial charge on any atom is 0.257 e. The quantitative estimate of drug-likeness (QED) is 0.700. The van der Waals surface area contributed by atoms with Crippen molar-refractivity contribution >= 4 is 26.7 Å². The van der Waals surface area contributed by atoms with Gasteiger partial charge in [-0.2, -0.15) is 4.31 Å². The van der Waals surface area contributed by atoms with Crippen LogP contribution >= 0.6 is 0 Å². The van der Waals surface area contributed by atoms with Crippen molar-refractivity contribution in [2.45, 2.75) is 18.7 Å². The molecule has 0 radical (unpaired) electrons. The summed E-state index contributed by atoms with van der Waals surface area (Å²) >= 11 is 0. The van der Waals surface area contributed by atoms with Crippen LogP contribution in [0.5, 0.6) is 5.75 Å². The van der Waals surface area contributed by atoms with Crippen LogP contribution in [0.1, 0.15) is 21.5 Å². The fraction of sp³-hybridized carbons (Fsp3) is 0.261. The molecule has 1 heterocycles. The van der Waals surface area contributed by atoms with Crippen molar-refractivity contribution in [2.75, 3.05) is 26.2 Å². The van der Waals surface area contributed by atoms with Gasteiger partial charge in [0.25, 0.3) is 5.91 Å². The number of rotatable bonds is 3. The molecule has 1 saturated heterocycles. The number of fused-ring (bicyclic) bond motifs is 1. The van der Waals surface area contributed by atoms with Gasteiger partial charge < -0.3 is 10.0 Å². The molecule has 1 N–H and O–H groups in total. The molecule has 0 aromatic heterocycles. The minimum atomic E-state index is -3.61. The van der Waals surface area contributed by atoms with Gasteiger partial charge in [-0.15, -0.1) is 0 Å². The van der Waals surface area contributed by atoms with Gasteiger partial charge in [0.1, 0.15) is 5.75 Å². The van der Waals surface area contributed by atoms with E-state index >= 15 is 0 Å². The smallest absolute Gasteiger partial charge is 0.257 e. The summed E-state index contributed by atoms with van der Waals surface area (Å²) in [5.74, 6) is -0.356. The summed E-state index contributed by atoms with van der Waals surface area (Å²) in [5, 5.41) is 12.1. The summed E-state index contributed by atoms with van der Waals surface area (Å²) in [6.45, 7) is 4.70. The number of aromatic hydroxyl groups is 1. The van der Waals surface area contributed by atoms with Crippen LogP contribution in [-0.4, -0.2) is 54.8 Å². The van der Waals surface area contributed by atoms with Crippen LogP contribution in [0.4, 0.5) is 0 Å². The van der Waals surface area contributed by atoms with Gasteiger partial charge in [-0.1, -0.05) is 42.0 Å². The van der Waals surface area contributed by atoms with Gasteiger partial charge in [0.2, 0.25) is 10.0 Å². The second-order valence-corrected chi connectivity index (χ2v) is 9.59. The molecule has 0 saturated carbocycles. The average Bonchev–Trinajstić information content (AvgIpc) is 2.72. The van der Waals surface area contributed by atoms with Crippen molar-refractivity contribution < 1.29 is 18.3 Å². The monoisotopic (exact) mass is 424 g/mol. The van der Waals surface area contributed by atoms with Crippen LogP contribution in [-0.2, 0) is 10.0 Å². The molecular formula is C23H24N2O4S. The van der Waals surface area contributed by atoms with E-state index in [4.69, 9.17) is 0 Å². The Labute approximate surface area is 176 Å². The van der Waals surface area contributed by atoms with Crippen molar-refractivity contribution in [3.63, 3.8) is 0 Å². The highest BCUT2D eigenvalue weighted by Gasteiger charge is 2.32. The van der Waals surface area contributed by atoms with Crippen LogP contribution in [0.15, 0.2) is 59.5 Å². The molecule has 0 spiro atoms. The van der Waals surface area contributed by atoms with Crippen LogP contribution in [0.2, 0.25) is 0 Å². The van der Waals surface area contributed by atoms with Crippen molar-refractivity contribution in [1.29, 1.82) is 0 Å². The van der Waals surface area contributed by atoms with E-state index in [1.165, 1.54) is 4.31 Å². The van der Waals surface area contributed by atoms with Gasteiger partial charge in [-0.3, -0.25) is 4.79 Å². The van der Waals surface area contributed by atoms with E-state index in [1.54, 1.807) is 36.1 Å². The standard InChI is InChI=1S/C23H24N2O4S/c1-16-7-8-22(17(2)13-16)30(28,29)25-11-9-24(10-12-25)23(27)20-14-18-5-3-4-6-19(18)15-21(20)26/h3-8,13-15,26H,9-12H2,1-2H3. The van der Waals surface area contributed by atoms with E-state index in [0.29, 0.717) is 4.90 Å². The molecule has 1 amide bonds. The zero-order chi connectivity index (χ0) is 21.5. The number of carbonyl (C=O) groups excluding carboxylic acids is 1. The molecule has 1 fully saturated rings. The molecule has 3 aromatic carbocycles. The first-order valence-electron chi connectivity index (χ1n) is 9.86. The van der Waals surface area contributed by atoms with E-state index in [2.05, 4.69) is 0 Å². The number of amides is 1. The Balaban J connectivity index is 1.52. The number of sulfonamides is 1. The normalized spacial score (nSPS) is 15.5. The first kappa shape index (κ1) is 20.4. The van der Waals surface area contributed by atoms with Gasteiger partial charge in [0, 0.05) is 26.2 Å². The topological polar surface area (TPSA) is 77.9 Å². The predicted molar refractivity (Wildman–Crippen MR) is 116 cm³/mol. The Kier molecular flexibility index (Phi) is 5.26. The number of nitrogens with zero attached hydrogens (tertiary/aromatic N) is 2. The summed E-state index contributed by atoms with van der Waals surface area (Å²) in [4.78, 5) is 14.9. The van der Waals surface area contributed by atoms with Crippen molar-refractivity contribution in [3.8, 4) is 5.75 Å². The number of benzene rings is 3. The van der Waals surface area contributed by atoms with E-state index in [0.717, 1.165) is 21.9 Å². The van der Waals surface area contributed by atoms with E-state index in [1.807, 2.05) is 37.3 Å². The zero-order valence-electron chi connectivity index (χ0n) is 17.0. The minimum absolute atomic E-state index is 0.0657. The Bertz CT molecular complexity index is 1230. The molecule has 6 nitrogen and oxygen atoms in total. The number of phenols is 1. The lowest BCUT2D eigenvalue weighted by Crippen LogP contribution is -2.50. The summed E-state index contributed by atoms with van der Waals surface area (Å²) in [6.07, 6.45) is 0. The maximum absolute atomic E-state index is 13.0. The number of phenolic OH excluding ortho intramolecular Hbond substituents is 1. The number of aryl methyl sites for hydroxylation is 2. The number of carbonyl (C=O) groups is 1. The van der Waals surface area contributed by atoms with Crippen LogP contribution in [0.25, 0.3) is 10.8 Å². The second kappa shape index (κ2) is 7.74. The Morgan fingerprint density at radius 1 is 0.900 bits per heavy atom. The molecule has 156 valence electrons. The molecule has 1 aliphatic rings. The molecule has 0 unspecified atom stereocenters. The largest absolute Gasteiger partial charge is 0.507 e. The molecule has 3 aromatic rings. The summed E-state index contributed by atoms with van der Waals surface area (Å²) in [5.41, 5.74) is 1.96. The molecule has 1 aliphatic heterocycles. The Hall–Kier alpha value is -2.90. The molecule has 4 rings (SSSR count). The molecular weight excluding hydrogens is 400 g/mol. The first-order chi connectivity index (χ1) is 14.3. The Morgan fingerprint density at radius 3 is 2.17 bits per heavy atom. The molecule has 7 heteroatoms. The number of piperazine rings is 1. The highest BCUT2D eigenvalue weighted by Crippen LogP contribution is 2.27. The first-order valence-corrected chi connectivity index (χ1v) is 11.3. The summed E-state index contributed by atoms with van der Waals surface area (Å²) < 4.78 is 27.5. The molecule has 0 aliphatic carbocycles. The van der Waals surface area contributed by atoms with Crippen LogP contribution in [0, 0.1) is 13.8 Å². The SMILES string of the molecule is Cc1ccc(S(=O)(=O)N2CCN(C(=O)c3cc4ccccc4cc3O)CC2)c(C)c1. The van der Waals surface area contributed by atoms with Gasteiger partial charge in [0.15, 0.2) is 0 Å².